The second kappa shape index (κ2) is 7.38. The van der Waals surface area contributed by atoms with E-state index in [0.717, 1.165) is 23.0 Å². The first-order valence-corrected chi connectivity index (χ1v) is 10.8. The predicted molar refractivity (Wildman–Crippen MR) is 127 cm³/mol. The number of halogens is 1. The number of carbonyl (C=O) groups excluding carboxylic acids is 1. The molecule has 0 unspecified atom stereocenters. The summed E-state index contributed by atoms with van der Waals surface area (Å²) >= 11 is 6.56. The SMILES string of the molecule is CCn1c2ccccc2c2cc(C=C3SC(=S)N(c4ccccc4F)C3=O)ccc21. The third-order valence-electron chi connectivity index (χ3n) is 5.30. The van der Waals surface area contributed by atoms with E-state index in [-0.39, 0.29) is 11.6 Å². The van der Waals surface area contributed by atoms with Gasteiger partial charge in [-0.15, -0.1) is 0 Å². The Kier molecular flexibility index (Phi) is 4.68. The Hall–Kier alpha value is -2.96. The van der Waals surface area contributed by atoms with Gasteiger partial charge in [0.15, 0.2) is 4.32 Å². The maximum Gasteiger partial charge on any atom is 0.270 e. The summed E-state index contributed by atoms with van der Waals surface area (Å²) in [7, 11) is 0. The highest BCUT2D eigenvalue weighted by Gasteiger charge is 2.34. The summed E-state index contributed by atoms with van der Waals surface area (Å²) in [5, 5.41) is 2.33. The van der Waals surface area contributed by atoms with Crippen molar-refractivity contribution in [1.82, 2.24) is 4.57 Å². The summed E-state index contributed by atoms with van der Waals surface area (Å²) in [5.41, 5.74) is 3.45. The van der Waals surface area contributed by atoms with Gasteiger partial charge in [0.05, 0.1) is 10.6 Å². The lowest BCUT2D eigenvalue weighted by molar-refractivity contribution is -0.113. The predicted octanol–water partition coefficient (Wildman–Crippen LogP) is 6.36. The van der Waals surface area contributed by atoms with Gasteiger partial charge in [-0.05, 0) is 48.9 Å². The van der Waals surface area contributed by atoms with Crippen LogP contribution in [-0.2, 0) is 11.3 Å². The Morgan fingerprint density at radius 1 is 1.00 bits per heavy atom. The number of aryl methyl sites for hydroxylation is 1. The minimum atomic E-state index is -0.469. The topological polar surface area (TPSA) is 25.2 Å². The van der Waals surface area contributed by atoms with Crippen LogP contribution in [0.4, 0.5) is 10.1 Å². The number of amides is 1. The molecule has 30 heavy (non-hydrogen) atoms. The van der Waals surface area contributed by atoms with E-state index in [0.29, 0.717) is 9.23 Å². The fourth-order valence-electron chi connectivity index (χ4n) is 3.96. The van der Waals surface area contributed by atoms with Gasteiger partial charge in [-0.1, -0.05) is 60.4 Å². The molecule has 2 heterocycles. The first-order valence-electron chi connectivity index (χ1n) is 9.62. The number of fused-ring (bicyclic) bond motifs is 3. The van der Waals surface area contributed by atoms with Gasteiger partial charge in [0.2, 0.25) is 0 Å². The fraction of sp³-hybridized carbons (Fsp3) is 0.0833. The molecule has 1 aliphatic rings. The van der Waals surface area contributed by atoms with E-state index in [1.54, 1.807) is 18.2 Å². The molecule has 1 amide bonds. The number of nitrogens with zero attached hydrogens (tertiary/aromatic N) is 2. The highest BCUT2D eigenvalue weighted by atomic mass is 32.2. The summed E-state index contributed by atoms with van der Waals surface area (Å²) in [4.78, 5) is 14.7. The van der Waals surface area contributed by atoms with Gasteiger partial charge in [-0.3, -0.25) is 9.69 Å². The van der Waals surface area contributed by atoms with Gasteiger partial charge in [-0.2, -0.15) is 0 Å². The molecule has 6 heteroatoms. The quantitative estimate of drug-likeness (QED) is 0.278. The molecule has 0 N–H and O–H groups in total. The minimum absolute atomic E-state index is 0.185. The zero-order valence-electron chi connectivity index (χ0n) is 16.1. The van der Waals surface area contributed by atoms with Gasteiger partial charge in [0, 0.05) is 28.4 Å². The lowest BCUT2D eigenvalue weighted by Gasteiger charge is -2.14. The van der Waals surface area contributed by atoms with Crippen molar-refractivity contribution in [1.29, 1.82) is 0 Å². The van der Waals surface area contributed by atoms with Crippen LogP contribution in [0.5, 0.6) is 0 Å². The highest BCUT2D eigenvalue weighted by Crippen LogP contribution is 2.37. The average Bonchev–Trinajstić information content (AvgIpc) is 3.22. The van der Waals surface area contributed by atoms with Gasteiger partial charge >= 0.3 is 0 Å². The lowest BCUT2D eigenvalue weighted by Crippen LogP contribution is -2.28. The van der Waals surface area contributed by atoms with Crippen LogP contribution in [0.1, 0.15) is 12.5 Å². The fourth-order valence-corrected chi connectivity index (χ4v) is 5.25. The zero-order chi connectivity index (χ0) is 20.8. The number of para-hydroxylation sites is 2. The molecule has 0 saturated carbocycles. The maximum absolute atomic E-state index is 14.2. The molecular formula is C24H17FN2OS2. The number of hydrogen-bond acceptors (Lipinski definition) is 3. The van der Waals surface area contributed by atoms with Crippen molar-refractivity contribution in [3.63, 3.8) is 0 Å². The molecule has 5 rings (SSSR count). The van der Waals surface area contributed by atoms with Crippen LogP contribution in [0.25, 0.3) is 27.9 Å². The van der Waals surface area contributed by atoms with Crippen LogP contribution < -0.4 is 4.90 Å². The summed E-state index contributed by atoms with van der Waals surface area (Å²) < 4.78 is 16.8. The molecule has 1 fully saturated rings. The number of hydrogen-bond donors (Lipinski definition) is 0. The van der Waals surface area contributed by atoms with Gasteiger partial charge in [-0.25, -0.2) is 4.39 Å². The molecule has 1 aromatic heterocycles. The third kappa shape index (κ3) is 2.95. The number of anilines is 1. The summed E-state index contributed by atoms with van der Waals surface area (Å²) in [6, 6.07) is 20.7. The summed E-state index contributed by atoms with van der Waals surface area (Å²) in [6.45, 7) is 3.01. The van der Waals surface area contributed by atoms with Crippen LogP contribution in [-0.4, -0.2) is 14.8 Å². The van der Waals surface area contributed by atoms with Crippen LogP contribution in [0.2, 0.25) is 0 Å². The standard InChI is InChI=1S/C24H17FN2OS2/c1-2-26-19-9-5-3-7-16(19)17-13-15(11-12-20(17)26)14-22-23(28)27(24(29)30-22)21-10-6-4-8-18(21)25/h3-14H,2H2,1H3. The zero-order valence-corrected chi connectivity index (χ0v) is 17.8. The number of carbonyl (C=O) groups is 1. The summed E-state index contributed by atoms with van der Waals surface area (Å²) in [5.74, 6) is -0.768. The molecule has 0 aliphatic carbocycles. The van der Waals surface area contributed by atoms with E-state index in [1.165, 1.54) is 33.6 Å². The van der Waals surface area contributed by atoms with E-state index in [1.807, 2.05) is 24.3 Å². The Morgan fingerprint density at radius 3 is 2.53 bits per heavy atom. The molecule has 0 bridgehead atoms. The second-order valence-electron chi connectivity index (χ2n) is 7.01. The maximum atomic E-state index is 14.2. The van der Waals surface area contributed by atoms with Crippen molar-refractivity contribution in [3.8, 4) is 0 Å². The normalized spacial score (nSPS) is 15.8. The first-order chi connectivity index (χ1) is 14.6. The molecule has 0 radical (unpaired) electrons. The van der Waals surface area contributed by atoms with Crippen LogP contribution in [0.3, 0.4) is 0 Å². The third-order valence-corrected chi connectivity index (χ3v) is 6.60. The molecule has 3 nitrogen and oxygen atoms in total. The van der Waals surface area contributed by atoms with Gasteiger partial charge < -0.3 is 4.57 Å². The lowest BCUT2D eigenvalue weighted by atomic mass is 10.1. The molecule has 1 aliphatic heterocycles. The summed E-state index contributed by atoms with van der Waals surface area (Å²) in [6.07, 6.45) is 1.83. The molecule has 3 aromatic carbocycles. The Bertz CT molecular complexity index is 1370. The van der Waals surface area contributed by atoms with E-state index >= 15 is 0 Å². The first kappa shape index (κ1) is 19.0. The van der Waals surface area contributed by atoms with E-state index in [4.69, 9.17) is 12.2 Å². The Labute approximate surface area is 182 Å². The van der Waals surface area contributed by atoms with E-state index < -0.39 is 5.82 Å². The molecule has 148 valence electrons. The van der Waals surface area contributed by atoms with Gasteiger partial charge in [0.1, 0.15) is 5.82 Å². The second-order valence-corrected chi connectivity index (χ2v) is 8.68. The van der Waals surface area contributed by atoms with Crippen molar-refractivity contribution in [2.75, 3.05) is 4.90 Å². The average molecular weight is 433 g/mol. The van der Waals surface area contributed by atoms with E-state index in [9.17, 15) is 9.18 Å². The number of thioether (sulfide) groups is 1. The van der Waals surface area contributed by atoms with Crippen molar-refractivity contribution in [2.24, 2.45) is 0 Å². The van der Waals surface area contributed by atoms with Gasteiger partial charge in [0.25, 0.3) is 5.91 Å². The van der Waals surface area contributed by atoms with Crippen molar-refractivity contribution in [3.05, 3.63) is 83.0 Å². The van der Waals surface area contributed by atoms with Crippen LogP contribution in [0.15, 0.2) is 71.6 Å². The van der Waals surface area contributed by atoms with Crippen LogP contribution >= 0.6 is 24.0 Å². The molecule has 0 atom stereocenters. The molecule has 4 aromatic rings. The number of aromatic nitrogens is 1. The minimum Gasteiger partial charge on any atom is -0.341 e. The number of rotatable bonds is 3. The number of thiocarbonyl (C=S) groups is 1. The van der Waals surface area contributed by atoms with Crippen LogP contribution in [0, 0.1) is 5.82 Å². The smallest absolute Gasteiger partial charge is 0.270 e. The highest BCUT2D eigenvalue weighted by molar-refractivity contribution is 8.27. The van der Waals surface area contributed by atoms with E-state index in [2.05, 4.69) is 35.8 Å². The Morgan fingerprint density at radius 2 is 1.73 bits per heavy atom. The Balaban J connectivity index is 1.58. The monoisotopic (exact) mass is 432 g/mol. The van der Waals surface area contributed by atoms with Crippen molar-refractivity contribution < 1.29 is 9.18 Å². The van der Waals surface area contributed by atoms with Crippen molar-refractivity contribution >= 4 is 67.8 Å². The molecule has 0 spiro atoms. The number of benzene rings is 3. The molecular weight excluding hydrogens is 415 g/mol. The largest absolute Gasteiger partial charge is 0.341 e. The van der Waals surface area contributed by atoms with Crippen molar-refractivity contribution in [2.45, 2.75) is 13.5 Å². The molecule has 1 saturated heterocycles.